The summed E-state index contributed by atoms with van der Waals surface area (Å²) in [5.74, 6) is -0.441. The maximum Gasteiger partial charge on any atom is 0.167 e. The molecule has 2 aromatic rings. The standard InChI is InChI=1S/C16H14ClFO/c1-2-11-3-5-12(6-4-11)16(19)10-13-9-14(18)7-8-15(13)17/h3-9H,2,10H2,1H3. The molecule has 1 nitrogen and oxygen atoms in total. The van der Waals surface area contributed by atoms with E-state index in [0.717, 1.165) is 6.42 Å². The fourth-order valence-electron chi connectivity index (χ4n) is 1.88. The summed E-state index contributed by atoms with van der Waals surface area (Å²) in [7, 11) is 0. The van der Waals surface area contributed by atoms with E-state index in [1.165, 1.54) is 23.8 Å². The van der Waals surface area contributed by atoms with E-state index in [-0.39, 0.29) is 18.0 Å². The van der Waals surface area contributed by atoms with Crippen LogP contribution < -0.4 is 0 Å². The summed E-state index contributed by atoms with van der Waals surface area (Å²) in [6, 6.07) is 11.5. The van der Waals surface area contributed by atoms with Crippen LogP contribution in [0.25, 0.3) is 0 Å². The van der Waals surface area contributed by atoms with E-state index in [9.17, 15) is 9.18 Å². The lowest BCUT2D eigenvalue weighted by Gasteiger charge is -2.05. The normalized spacial score (nSPS) is 10.5. The van der Waals surface area contributed by atoms with Crippen molar-refractivity contribution in [1.82, 2.24) is 0 Å². The number of halogens is 2. The first-order valence-electron chi connectivity index (χ1n) is 6.16. The second-order valence-electron chi connectivity index (χ2n) is 4.39. The van der Waals surface area contributed by atoms with Gasteiger partial charge in [-0.2, -0.15) is 0 Å². The van der Waals surface area contributed by atoms with Crippen molar-refractivity contribution in [3.8, 4) is 0 Å². The second kappa shape index (κ2) is 5.98. The van der Waals surface area contributed by atoms with E-state index in [1.54, 1.807) is 12.1 Å². The molecular weight excluding hydrogens is 263 g/mol. The molecule has 98 valence electrons. The molecule has 0 aliphatic carbocycles. The van der Waals surface area contributed by atoms with E-state index in [0.29, 0.717) is 16.1 Å². The molecule has 0 saturated carbocycles. The van der Waals surface area contributed by atoms with Crippen LogP contribution in [0, 0.1) is 5.82 Å². The first kappa shape index (κ1) is 13.8. The summed E-state index contributed by atoms with van der Waals surface area (Å²) < 4.78 is 13.1. The Hall–Kier alpha value is -1.67. The van der Waals surface area contributed by atoms with Gasteiger partial charge < -0.3 is 0 Å². The Kier molecular flexibility index (Phi) is 4.33. The van der Waals surface area contributed by atoms with Crippen molar-refractivity contribution in [2.24, 2.45) is 0 Å². The molecule has 0 fully saturated rings. The average Bonchev–Trinajstić information content (AvgIpc) is 2.43. The minimum atomic E-state index is -0.381. The molecule has 2 rings (SSSR count). The molecule has 0 spiro atoms. The van der Waals surface area contributed by atoms with Gasteiger partial charge in [-0.3, -0.25) is 4.79 Å². The van der Waals surface area contributed by atoms with Crippen LogP contribution in [0.1, 0.15) is 28.4 Å². The van der Waals surface area contributed by atoms with Crippen molar-refractivity contribution in [2.45, 2.75) is 19.8 Å². The van der Waals surface area contributed by atoms with Crippen LogP contribution in [0.3, 0.4) is 0 Å². The number of hydrogen-bond acceptors (Lipinski definition) is 1. The molecule has 2 aromatic carbocycles. The zero-order chi connectivity index (χ0) is 13.8. The van der Waals surface area contributed by atoms with Gasteiger partial charge in [0.05, 0.1) is 0 Å². The molecule has 0 unspecified atom stereocenters. The van der Waals surface area contributed by atoms with Crippen LogP contribution in [0.15, 0.2) is 42.5 Å². The highest BCUT2D eigenvalue weighted by Crippen LogP contribution is 2.19. The Labute approximate surface area is 117 Å². The highest BCUT2D eigenvalue weighted by molar-refractivity contribution is 6.31. The fourth-order valence-corrected chi connectivity index (χ4v) is 2.06. The minimum Gasteiger partial charge on any atom is -0.294 e. The van der Waals surface area contributed by atoms with E-state index < -0.39 is 0 Å². The largest absolute Gasteiger partial charge is 0.294 e. The average molecular weight is 277 g/mol. The third-order valence-corrected chi connectivity index (χ3v) is 3.41. The van der Waals surface area contributed by atoms with Crippen LogP contribution in [0.4, 0.5) is 4.39 Å². The predicted molar refractivity (Wildman–Crippen MR) is 75.3 cm³/mol. The van der Waals surface area contributed by atoms with E-state index in [4.69, 9.17) is 11.6 Å². The van der Waals surface area contributed by atoms with Crippen molar-refractivity contribution < 1.29 is 9.18 Å². The van der Waals surface area contributed by atoms with Gasteiger partial charge in [-0.15, -0.1) is 0 Å². The molecule has 0 bridgehead atoms. The van der Waals surface area contributed by atoms with Crippen LogP contribution in [0.5, 0.6) is 0 Å². The van der Waals surface area contributed by atoms with E-state index >= 15 is 0 Å². The molecule has 0 radical (unpaired) electrons. The topological polar surface area (TPSA) is 17.1 Å². The van der Waals surface area contributed by atoms with Crippen LogP contribution in [-0.2, 0) is 12.8 Å². The van der Waals surface area contributed by atoms with Gasteiger partial charge in [0, 0.05) is 17.0 Å². The zero-order valence-electron chi connectivity index (χ0n) is 10.6. The predicted octanol–water partition coefficient (Wildman–Crippen LogP) is 4.47. The highest BCUT2D eigenvalue weighted by atomic mass is 35.5. The van der Waals surface area contributed by atoms with Crippen LogP contribution >= 0.6 is 11.6 Å². The SMILES string of the molecule is CCc1ccc(C(=O)Cc2cc(F)ccc2Cl)cc1. The lowest BCUT2D eigenvalue weighted by molar-refractivity contribution is 0.0993. The number of ketones is 1. The van der Waals surface area contributed by atoms with Crippen LogP contribution in [0.2, 0.25) is 5.02 Å². The summed E-state index contributed by atoms with van der Waals surface area (Å²) in [6.45, 7) is 2.06. The maximum absolute atomic E-state index is 13.1. The molecule has 0 aliphatic heterocycles. The van der Waals surface area contributed by atoms with Gasteiger partial charge in [0.15, 0.2) is 5.78 Å². The maximum atomic E-state index is 13.1. The van der Waals surface area contributed by atoms with E-state index in [1.807, 2.05) is 12.1 Å². The molecule has 0 aliphatic rings. The van der Waals surface area contributed by atoms with Gasteiger partial charge in [-0.25, -0.2) is 4.39 Å². The molecule has 0 aromatic heterocycles. The molecule has 0 N–H and O–H groups in total. The van der Waals surface area contributed by atoms with Gasteiger partial charge in [-0.05, 0) is 35.7 Å². The molecule has 0 saturated heterocycles. The number of benzene rings is 2. The van der Waals surface area contributed by atoms with E-state index in [2.05, 4.69) is 6.92 Å². The Bertz CT molecular complexity index is 590. The molecule has 0 atom stereocenters. The molecule has 0 heterocycles. The van der Waals surface area contributed by atoms with Crippen molar-refractivity contribution in [1.29, 1.82) is 0 Å². The summed E-state index contributed by atoms with van der Waals surface area (Å²) in [5, 5.41) is 0.417. The van der Waals surface area contributed by atoms with Crippen molar-refractivity contribution in [2.75, 3.05) is 0 Å². The van der Waals surface area contributed by atoms with Gasteiger partial charge in [0.25, 0.3) is 0 Å². The smallest absolute Gasteiger partial charge is 0.167 e. The number of hydrogen-bond donors (Lipinski definition) is 0. The first-order valence-corrected chi connectivity index (χ1v) is 6.54. The lowest BCUT2D eigenvalue weighted by atomic mass is 10.0. The number of carbonyl (C=O) groups is 1. The highest BCUT2D eigenvalue weighted by Gasteiger charge is 2.10. The van der Waals surface area contributed by atoms with Crippen molar-refractivity contribution in [3.63, 3.8) is 0 Å². The number of rotatable bonds is 4. The second-order valence-corrected chi connectivity index (χ2v) is 4.79. The molecule has 19 heavy (non-hydrogen) atoms. The van der Waals surface area contributed by atoms with Gasteiger partial charge in [0.2, 0.25) is 0 Å². The number of Topliss-reactive ketones (excluding diaryl/α,β-unsaturated/α-hetero) is 1. The number of carbonyl (C=O) groups excluding carboxylic acids is 1. The molecular formula is C16H14ClFO. The quantitative estimate of drug-likeness (QED) is 0.753. The first-order chi connectivity index (χ1) is 9.10. The van der Waals surface area contributed by atoms with Gasteiger partial charge >= 0.3 is 0 Å². The Balaban J connectivity index is 2.18. The zero-order valence-corrected chi connectivity index (χ0v) is 11.4. The summed E-state index contributed by atoms with van der Waals surface area (Å²) >= 11 is 5.96. The third kappa shape index (κ3) is 3.42. The third-order valence-electron chi connectivity index (χ3n) is 3.04. The summed E-state index contributed by atoms with van der Waals surface area (Å²) in [4.78, 5) is 12.1. The Morgan fingerprint density at radius 1 is 1.16 bits per heavy atom. The summed E-state index contributed by atoms with van der Waals surface area (Å²) in [6.07, 6.45) is 1.05. The summed E-state index contributed by atoms with van der Waals surface area (Å²) in [5.41, 5.74) is 2.32. The minimum absolute atomic E-state index is 0.0600. The molecule has 0 amide bonds. The van der Waals surface area contributed by atoms with Crippen LogP contribution in [-0.4, -0.2) is 5.78 Å². The van der Waals surface area contributed by atoms with Crippen molar-refractivity contribution in [3.05, 3.63) is 70.0 Å². The molecule has 3 heteroatoms. The lowest BCUT2D eigenvalue weighted by Crippen LogP contribution is -2.04. The fraction of sp³-hybridized carbons (Fsp3) is 0.188. The monoisotopic (exact) mass is 276 g/mol. The van der Waals surface area contributed by atoms with Crippen molar-refractivity contribution >= 4 is 17.4 Å². The Morgan fingerprint density at radius 2 is 1.84 bits per heavy atom. The Morgan fingerprint density at radius 3 is 2.47 bits per heavy atom. The van der Waals surface area contributed by atoms with Gasteiger partial charge in [-0.1, -0.05) is 42.8 Å². The van der Waals surface area contributed by atoms with Gasteiger partial charge in [0.1, 0.15) is 5.82 Å². The number of aryl methyl sites for hydroxylation is 1.